The van der Waals surface area contributed by atoms with E-state index in [1.807, 2.05) is 37.4 Å². The fourth-order valence-electron chi connectivity index (χ4n) is 12.6. The highest BCUT2D eigenvalue weighted by atomic mass is 32.1. The van der Waals surface area contributed by atoms with E-state index in [4.69, 9.17) is 15.0 Å². The van der Waals surface area contributed by atoms with Crippen molar-refractivity contribution >= 4 is 81.7 Å². The van der Waals surface area contributed by atoms with E-state index in [-0.39, 0.29) is 23.7 Å². The quantitative estimate of drug-likeness (QED) is 0.0295. The topological polar surface area (TPSA) is 108 Å². The normalized spacial score (nSPS) is 11.3. The summed E-state index contributed by atoms with van der Waals surface area (Å²) in [5, 5.41) is 3.13. The van der Waals surface area contributed by atoms with Gasteiger partial charge in [0.25, 0.3) is 0 Å². The molecule has 9 rings (SSSR count). The Hall–Kier alpha value is -5.82. The molecule has 0 saturated carbocycles. The number of hydrogen-bond donors (Lipinski definition) is 1. The molecule has 518 valence electrons. The Morgan fingerprint density at radius 2 is 0.674 bits per heavy atom. The maximum absolute atomic E-state index is 12.3. The molecule has 9 nitrogen and oxygen atoms in total. The SMILES string of the molecule is C.CCCCCCCCCCCCCCCCCN(CCCC)c1ccc2nc3ccc(=O)cc-3sc2c1.CCCCCCCCCCCCCCCN(CCCC)c1ccc2nc3ccc(=O)cc-3sc2c1.CCCCCc1cc2nc3ccc(NC)cc3sc-2cc1=O. The Morgan fingerprint density at radius 3 is 1.07 bits per heavy atom. The molecule has 0 bridgehead atoms. The molecular formula is C83H120N6O3S3. The van der Waals surface area contributed by atoms with Crippen molar-refractivity contribution in [3.63, 3.8) is 0 Å². The van der Waals surface area contributed by atoms with Gasteiger partial charge in [-0.05, 0) is 123 Å². The van der Waals surface area contributed by atoms with Gasteiger partial charge in [0, 0.05) is 74.1 Å². The van der Waals surface area contributed by atoms with Gasteiger partial charge in [0.05, 0.1) is 62.4 Å². The maximum Gasteiger partial charge on any atom is 0.183 e. The Balaban J connectivity index is 0.000000231. The Kier molecular flexibility index (Phi) is 37.6. The minimum Gasteiger partial charge on any atom is -0.388 e. The number of nitrogens with zero attached hydrogens (tertiary/aromatic N) is 5. The van der Waals surface area contributed by atoms with Gasteiger partial charge in [0.15, 0.2) is 16.3 Å². The number of unbranched alkanes of at least 4 members (excludes halogenated alkanes) is 30. The summed E-state index contributed by atoms with van der Waals surface area (Å²) in [6.45, 7) is 15.8. The van der Waals surface area contributed by atoms with Crippen LogP contribution in [0, 0.1) is 0 Å². The van der Waals surface area contributed by atoms with Crippen LogP contribution in [0.1, 0.15) is 272 Å². The first kappa shape index (κ1) is 78.2. The molecule has 0 fully saturated rings. The monoisotopic (exact) mass is 1340 g/mol. The number of rotatable bonds is 43. The Morgan fingerprint density at radius 1 is 0.337 bits per heavy atom. The summed E-state index contributed by atoms with van der Waals surface area (Å²) < 4.78 is 3.42. The molecule has 0 atom stereocenters. The number of nitrogens with one attached hydrogen (secondary N) is 1. The van der Waals surface area contributed by atoms with Crippen LogP contribution in [0.25, 0.3) is 62.4 Å². The average Bonchev–Trinajstić information content (AvgIpc) is 0.811. The number of aryl methyl sites for hydroxylation is 1. The van der Waals surface area contributed by atoms with Crippen molar-refractivity contribution in [2.45, 2.75) is 273 Å². The van der Waals surface area contributed by atoms with Gasteiger partial charge in [0.2, 0.25) is 0 Å². The minimum atomic E-state index is 0. The molecule has 0 aromatic heterocycles. The lowest BCUT2D eigenvalue weighted by atomic mass is 10.0. The van der Waals surface area contributed by atoms with Crippen molar-refractivity contribution in [1.82, 2.24) is 15.0 Å². The molecular weight excluding hydrogens is 1230 g/mol. The van der Waals surface area contributed by atoms with Gasteiger partial charge in [-0.3, -0.25) is 14.4 Å². The second kappa shape index (κ2) is 45.6. The van der Waals surface area contributed by atoms with Crippen molar-refractivity contribution < 1.29 is 0 Å². The van der Waals surface area contributed by atoms with Gasteiger partial charge in [-0.1, -0.05) is 235 Å². The van der Waals surface area contributed by atoms with E-state index in [1.54, 1.807) is 64.3 Å². The summed E-state index contributed by atoms with van der Waals surface area (Å²) in [4.78, 5) is 58.1. The highest BCUT2D eigenvalue weighted by Crippen LogP contribution is 2.35. The van der Waals surface area contributed by atoms with Crippen molar-refractivity contribution in [2.24, 2.45) is 0 Å². The summed E-state index contributed by atoms with van der Waals surface area (Å²) in [7, 11) is 1.90. The maximum atomic E-state index is 12.3. The molecule has 0 spiro atoms. The number of aromatic nitrogens is 3. The van der Waals surface area contributed by atoms with Crippen LogP contribution in [-0.2, 0) is 6.42 Å². The molecule has 0 radical (unpaired) electrons. The lowest BCUT2D eigenvalue weighted by Crippen LogP contribution is -2.25. The van der Waals surface area contributed by atoms with Crippen molar-refractivity contribution in [3.05, 3.63) is 139 Å². The zero-order valence-electron chi connectivity index (χ0n) is 58.8. The van der Waals surface area contributed by atoms with E-state index in [0.29, 0.717) is 0 Å². The van der Waals surface area contributed by atoms with E-state index in [2.05, 4.69) is 92.2 Å². The molecule has 6 aliphatic rings. The van der Waals surface area contributed by atoms with Crippen LogP contribution in [0.15, 0.2) is 118 Å². The van der Waals surface area contributed by atoms with Gasteiger partial charge >= 0.3 is 0 Å². The summed E-state index contributed by atoms with van der Waals surface area (Å²) in [6.07, 6.45) is 48.3. The summed E-state index contributed by atoms with van der Waals surface area (Å²) in [6, 6.07) is 33.5. The van der Waals surface area contributed by atoms with E-state index >= 15 is 0 Å². The summed E-state index contributed by atoms with van der Waals surface area (Å²) in [5.41, 5.74) is 10.6. The molecule has 3 aliphatic carbocycles. The Bertz CT molecular complexity index is 3630. The zero-order chi connectivity index (χ0) is 66.4. The second-order valence-electron chi connectivity index (χ2n) is 26.4. The molecule has 3 aromatic rings. The average molecular weight is 1350 g/mol. The third-order valence-electron chi connectivity index (χ3n) is 18.4. The Labute approximate surface area is 585 Å². The summed E-state index contributed by atoms with van der Waals surface area (Å²) in [5.74, 6) is 0. The number of benzene rings is 6. The van der Waals surface area contributed by atoms with Gasteiger partial charge < -0.3 is 15.1 Å². The molecule has 95 heavy (non-hydrogen) atoms. The largest absolute Gasteiger partial charge is 0.388 e. The first-order valence-corrected chi connectivity index (χ1v) is 39.8. The van der Waals surface area contributed by atoms with E-state index < -0.39 is 0 Å². The van der Waals surface area contributed by atoms with Crippen LogP contribution in [0.5, 0.6) is 0 Å². The highest BCUT2D eigenvalue weighted by molar-refractivity contribution is 7.22. The van der Waals surface area contributed by atoms with Crippen LogP contribution in [0.3, 0.4) is 0 Å². The number of anilines is 3. The van der Waals surface area contributed by atoms with Gasteiger partial charge in [-0.2, -0.15) is 0 Å². The predicted octanol–water partition coefficient (Wildman–Crippen LogP) is 24.9. The van der Waals surface area contributed by atoms with Crippen molar-refractivity contribution in [1.29, 1.82) is 0 Å². The van der Waals surface area contributed by atoms with Gasteiger partial charge in [0.1, 0.15) is 0 Å². The smallest absolute Gasteiger partial charge is 0.183 e. The molecule has 3 heterocycles. The fraction of sp³-hybridized carbons (Fsp3) is 0.566. The number of hydrogen-bond acceptors (Lipinski definition) is 12. The molecule has 12 heteroatoms. The van der Waals surface area contributed by atoms with Gasteiger partial charge in [-0.15, -0.1) is 34.0 Å². The van der Waals surface area contributed by atoms with Crippen LogP contribution in [0.4, 0.5) is 17.1 Å². The standard InChI is InChI=1S/C33H50N2OS.C31H46N2OS.C18H20N2OS.CH4/c1-3-5-7-8-9-10-11-12-13-14-15-16-17-18-19-25-35(24-6-4-2)28-20-22-30-32(26-28)37-33-27-29(36)21-23-31(33)34-30;1-3-5-7-8-9-10-11-12-13-14-15-16-17-23-33(22-6-4-2)26-18-20-28-30(24-26)35-31-25-27(34)19-21-29(31)32-28;1-3-4-5-6-12-9-15-18(11-16(12)21)22-17-10-13(19-2)7-8-14(17)20-15;/h20-23,26-27H,3-19,24-25H2,1-2H3;18-21,24-25H,3-17,22-23H2,1-2H3;7-11,19H,3-6H2,1-2H3;1H4. The van der Waals surface area contributed by atoms with Crippen LogP contribution in [-0.4, -0.2) is 48.2 Å². The summed E-state index contributed by atoms with van der Waals surface area (Å²) >= 11 is 4.99. The predicted molar refractivity (Wildman–Crippen MR) is 422 cm³/mol. The van der Waals surface area contributed by atoms with Gasteiger partial charge in [-0.25, -0.2) is 15.0 Å². The molecule has 1 N–H and O–H groups in total. The van der Waals surface area contributed by atoms with E-state index in [0.717, 1.165) is 119 Å². The highest BCUT2D eigenvalue weighted by Gasteiger charge is 2.16. The van der Waals surface area contributed by atoms with Crippen molar-refractivity contribution in [2.75, 3.05) is 48.3 Å². The van der Waals surface area contributed by atoms with Crippen LogP contribution < -0.4 is 31.4 Å². The van der Waals surface area contributed by atoms with E-state index in [9.17, 15) is 14.4 Å². The van der Waals surface area contributed by atoms with E-state index in [1.165, 1.54) is 223 Å². The minimum absolute atomic E-state index is 0. The first-order valence-electron chi connectivity index (χ1n) is 37.4. The third-order valence-corrected chi connectivity index (χ3v) is 21.7. The molecule has 3 aromatic carbocycles. The zero-order valence-corrected chi connectivity index (χ0v) is 61.2. The lowest BCUT2D eigenvalue weighted by molar-refractivity contribution is 0.531. The molecule has 0 saturated heterocycles. The lowest BCUT2D eigenvalue weighted by Gasteiger charge is -2.25. The fourth-order valence-corrected chi connectivity index (χ4v) is 15.7. The third kappa shape index (κ3) is 27.6. The van der Waals surface area contributed by atoms with Crippen molar-refractivity contribution in [3.8, 4) is 31.7 Å². The van der Waals surface area contributed by atoms with Crippen LogP contribution in [0.2, 0.25) is 0 Å². The molecule has 0 amide bonds. The van der Waals surface area contributed by atoms with Crippen LogP contribution >= 0.6 is 34.0 Å². The first-order chi connectivity index (χ1) is 46.1. The molecule has 3 aliphatic heterocycles. The second-order valence-corrected chi connectivity index (χ2v) is 29.6. The number of fused-ring (bicyclic) bond motifs is 6. The molecule has 0 unspecified atom stereocenters.